The van der Waals surface area contributed by atoms with Gasteiger partial charge >= 0.3 is 0 Å². The van der Waals surface area contributed by atoms with Crippen LogP contribution in [0.25, 0.3) is 0 Å². The van der Waals surface area contributed by atoms with Gasteiger partial charge in [0.2, 0.25) is 15.4 Å². The Hall–Kier alpha value is -0.890. The van der Waals surface area contributed by atoms with Crippen molar-refractivity contribution in [2.45, 2.75) is 5.16 Å². The summed E-state index contributed by atoms with van der Waals surface area (Å²) in [4.78, 5) is 0. The molecule has 1 aromatic heterocycles. The van der Waals surface area contributed by atoms with Gasteiger partial charge in [0.1, 0.15) is 0 Å². The van der Waals surface area contributed by atoms with Crippen molar-refractivity contribution in [2.75, 3.05) is 6.26 Å². The lowest BCUT2D eigenvalue weighted by molar-refractivity contribution is 0.626. The normalized spacial score (nSPS) is 9.55. The summed E-state index contributed by atoms with van der Waals surface area (Å²) in [6.07, 6.45) is 1.75. The molecule has 1 heterocycles. The van der Waals surface area contributed by atoms with Crippen LogP contribution in [0.4, 0.5) is 0 Å². The van der Waals surface area contributed by atoms with Gasteiger partial charge in [-0.3, -0.25) is 0 Å². The highest BCUT2D eigenvalue weighted by atomic mass is 32.2. The summed E-state index contributed by atoms with van der Waals surface area (Å²) in [7, 11) is -2.27. The molecule has 6 nitrogen and oxygen atoms in total. The van der Waals surface area contributed by atoms with Crippen LogP contribution < -0.4 is 0 Å². The molecule has 1 aromatic rings. The van der Waals surface area contributed by atoms with E-state index in [0.717, 1.165) is 10.2 Å². The van der Waals surface area contributed by atoms with Gasteiger partial charge < -0.3 is 0 Å². The van der Waals surface area contributed by atoms with E-state index in [9.17, 15) is 8.42 Å². The van der Waals surface area contributed by atoms with Crippen LogP contribution in [0.2, 0.25) is 0 Å². The first-order valence-corrected chi connectivity index (χ1v) is 4.85. The van der Waals surface area contributed by atoms with Crippen molar-refractivity contribution in [1.82, 2.24) is 20.2 Å². The van der Waals surface area contributed by atoms with Crippen LogP contribution >= 0.6 is 11.8 Å². The monoisotopic (exact) mass is 192 g/mol. The minimum atomic E-state index is -2.27. The fourth-order valence-electron chi connectivity index (χ4n) is 0.467. The molecule has 0 aliphatic heterocycles. The topological polar surface area (TPSA) is 77.7 Å². The second kappa shape index (κ2) is 3.49. The Morgan fingerprint density at radius 2 is 2.36 bits per heavy atom. The third-order valence-corrected chi connectivity index (χ3v) is 1.84. The van der Waals surface area contributed by atoms with Crippen molar-refractivity contribution >= 4 is 27.5 Å². The number of tetrazole rings is 1. The van der Waals surface area contributed by atoms with Gasteiger partial charge in [0.25, 0.3) is 0 Å². The van der Waals surface area contributed by atoms with Gasteiger partial charge in [0, 0.05) is 0 Å². The number of hydrogen-bond donors (Lipinski definition) is 0. The highest BCUT2D eigenvalue weighted by molar-refractivity contribution is 7.98. The second-order valence-corrected chi connectivity index (χ2v) is 2.98. The standard InChI is InChI=1S/C3H4N4O2S2/c1-10-3-4-5-6-7(3)2-11(8)9/h2H,1H3. The van der Waals surface area contributed by atoms with Crippen LogP contribution in [0.5, 0.6) is 0 Å². The smallest absolute Gasteiger partial charge is 0.183 e. The highest BCUT2D eigenvalue weighted by Gasteiger charge is 1.99. The van der Waals surface area contributed by atoms with Crippen molar-refractivity contribution < 1.29 is 8.42 Å². The van der Waals surface area contributed by atoms with Crippen molar-refractivity contribution in [3.63, 3.8) is 0 Å². The summed E-state index contributed by atoms with van der Waals surface area (Å²) in [6.45, 7) is 0. The fraction of sp³-hybridized carbons (Fsp3) is 0.333. The Bertz CT molecular complexity index is 358. The quantitative estimate of drug-likeness (QED) is 0.436. The van der Waals surface area contributed by atoms with Gasteiger partial charge in [0.05, 0.1) is 0 Å². The van der Waals surface area contributed by atoms with E-state index in [0.29, 0.717) is 5.16 Å². The Morgan fingerprint density at radius 3 is 2.91 bits per heavy atom. The predicted molar refractivity (Wildman–Crippen MR) is 40.0 cm³/mol. The molecule has 0 atom stereocenters. The lowest BCUT2D eigenvalue weighted by Gasteiger charge is -1.87. The van der Waals surface area contributed by atoms with E-state index in [2.05, 4.69) is 15.5 Å². The summed E-state index contributed by atoms with van der Waals surface area (Å²) >= 11 is 1.27. The van der Waals surface area contributed by atoms with E-state index in [1.165, 1.54) is 11.8 Å². The molecular weight excluding hydrogens is 188 g/mol. The molecular formula is C3H4N4O2S2. The van der Waals surface area contributed by atoms with Crippen LogP contribution in [0, 0.1) is 0 Å². The first-order chi connectivity index (χ1) is 5.24. The maximum absolute atomic E-state index is 10.2. The molecule has 0 spiro atoms. The molecule has 0 unspecified atom stereocenters. The molecule has 0 saturated carbocycles. The van der Waals surface area contributed by atoms with E-state index >= 15 is 0 Å². The van der Waals surface area contributed by atoms with E-state index in [4.69, 9.17) is 0 Å². The zero-order valence-corrected chi connectivity index (χ0v) is 7.13. The number of aromatic nitrogens is 4. The molecule has 0 fully saturated rings. The summed E-state index contributed by atoms with van der Waals surface area (Å²) in [5.74, 6) is 0. The van der Waals surface area contributed by atoms with Gasteiger partial charge in [-0.2, -0.15) is 13.1 Å². The Kier molecular flexibility index (Phi) is 2.60. The molecule has 11 heavy (non-hydrogen) atoms. The van der Waals surface area contributed by atoms with Crippen molar-refractivity contribution in [3.05, 3.63) is 0 Å². The van der Waals surface area contributed by atoms with Gasteiger partial charge in [-0.25, -0.2) is 0 Å². The van der Waals surface area contributed by atoms with E-state index < -0.39 is 10.3 Å². The number of thioether (sulfide) groups is 1. The molecule has 0 aliphatic carbocycles. The molecule has 0 radical (unpaired) electrons. The lowest BCUT2D eigenvalue weighted by atomic mass is 11.2. The number of hydrogen-bond acceptors (Lipinski definition) is 6. The summed E-state index contributed by atoms with van der Waals surface area (Å²) < 4.78 is 21.4. The Morgan fingerprint density at radius 1 is 1.64 bits per heavy atom. The third kappa shape index (κ3) is 2.02. The number of rotatable bonds is 2. The molecule has 1 rings (SSSR count). The van der Waals surface area contributed by atoms with E-state index in [-0.39, 0.29) is 0 Å². The van der Waals surface area contributed by atoms with Crippen LogP contribution in [0.3, 0.4) is 0 Å². The van der Waals surface area contributed by atoms with Gasteiger partial charge in [-0.15, -0.1) is 5.10 Å². The fourth-order valence-corrected chi connectivity index (χ4v) is 1.23. The summed E-state index contributed by atoms with van der Waals surface area (Å²) in [5.41, 5.74) is 0.895. The van der Waals surface area contributed by atoms with E-state index in [1.54, 1.807) is 6.26 Å². The summed E-state index contributed by atoms with van der Waals surface area (Å²) in [5, 5.41) is 10.7. The minimum absolute atomic E-state index is 0.439. The van der Waals surface area contributed by atoms with Gasteiger partial charge in [-0.1, -0.05) is 11.8 Å². The minimum Gasteiger partial charge on any atom is -0.183 e. The van der Waals surface area contributed by atoms with Crippen LogP contribution in [0.15, 0.2) is 5.16 Å². The number of nitrogens with zero attached hydrogens (tertiary/aromatic N) is 4. The molecule has 0 aromatic carbocycles. The SMILES string of the molecule is CSc1nnnn1C=S(=O)=O. The van der Waals surface area contributed by atoms with Crippen LogP contribution in [-0.2, 0) is 10.3 Å². The largest absolute Gasteiger partial charge is 0.232 e. The molecule has 0 saturated heterocycles. The lowest BCUT2D eigenvalue weighted by Crippen LogP contribution is -2.00. The predicted octanol–water partition coefficient (Wildman–Crippen LogP) is -1.12. The zero-order chi connectivity index (χ0) is 8.27. The van der Waals surface area contributed by atoms with Crippen molar-refractivity contribution in [2.24, 2.45) is 0 Å². The maximum Gasteiger partial charge on any atom is 0.232 e. The molecule has 0 aliphatic rings. The Labute approximate surface area is 68.1 Å². The van der Waals surface area contributed by atoms with E-state index in [1.807, 2.05) is 0 Å². The average molecular weight is 192 g/mol. The average Bonchev–Trinajstić information content (AvgIpc) is 2.34. The first-order valence-electron chi connectivity index (χ1n) is 2.49. The van der Waals surface area contributed by atoms with Crippen LogP contribution in [0.1, 0.15) is 0 Å². The summed E-state index contributed by atoms with van der Waals surface area (Å²) in [6, 6.07) is 0. The molecule has 60 valence electrons. The third-order valence-electron chi connectivity index (χ3n) is 0.831. The van der Waals surface area contributed by atoms with Gasteiger partial charge in [0.15, 0.2) is 5.49 Å². The maximum atomic E-state index is 10.2. The first kappa shape index (κ1) is 8.21. The van der Waals surface area contributed by atoms with Crippen molar-refractivity contribution in [1.29, 1.82) is 0 Å². The molecule has 0 amide bonds. The highest BCUT2D eigenvalue weighted by Crippen LogP contribution is 2.05. The Balaban J connectivity index is 3.13. The van der Waals surface area contributed by atoms with Crippen LogP contribution in [-0.4, -0.2) is 40.4 Å². The zero-order valence-electron chi connectivity index (χ0n) is 5.50. The molecule has 8 heteroatoms. The molecule has 0 N–H and O–H groups in total. The van der Waals surface area contributed by atoms with Crippen molar-refractivity contribution in [3.8, 4) is 0 Å². The van der Waals surface area contributed by atoms with Gasteiger partial charge in [-0.05, 0) is 16.7 Å². The molecule has 0 bridgehead atoms. The second-order valence-electron chi connectivity index (χ2n) is 1.48.